The minimum absolute atomic E-state index is 0.0633. The second kappa shape index (κ2) is 7.55. The fraction of sp³-hybridized carbons (Fsp3) is 0.500. The third kappa shape index (κ3) is 5.20. The maximum Gasteiger partial charge on any atom is 0.509 e. The smallest absolute Gasteiger partial charge is 0.444 e. The van der Waals surface area contributed by atoms with E-state index in [1.807, 2.05) is 30.3 Å². The van der Waals surface area contributed by atoms with Crippen molar-refractivity contribution in [3.63, 3.8) is 0 Å². The minimum Gasteiger partial charge on any atom is -0.444 e. The largest absolute Gasteiger partial charge is 0.509 e. The molecule has 7 nitrogen and oxygen atoms in total. The lowest BCUT2D eigenvalue weighted by atomic mass is 10.2. The van der Waals surface area contributed by atoms with Gasteiger partial charge in [-0.1, -0.05) is 30.3 Å². The summed E-state index contributed by atoms with van der Waals surface area (Å²) in [7, 11) is 0. The highest BCUT2D eigenvalue weighted by Crippen LogP contribution is 2.24. The Bertz CT molecular complexity index is 637. The summed E-state index contributed by atoms with van der Waals surface area (Å²) in [5.41, 5.74) is 0.119. The van der Waals surface area contributed by atoms with Gasteiger partial charge in [-0.05, 0) is 33.3 Å². The van der Waals surface area contributed by atoms with E-state index in [-0.39, 0.29) is 13.0 Å². The first-order valence-electron chi connectivity index (χ1n) is 8.10. The van der Waals surface area contributed by atoms with E-state index < -0.39 is 35.9 Å². The molecule has 1 unspecified atom stereocenters. The van der Waals surface area contributed by atoms with Crippen LogP contribution in [0.25, 0.3) is 0 Å². The van der Waals surface area contributed by atoms with E-state index in [1.165, 1.54) is 0 Å². The molecule has 1 fully saturated rings. The van der Waals surface area contributed by atoms with Gasteiger partial charge in [0.25, 0.3) is 0 Å². The molecule has 2 amide bonds. The summed E-state index contributed by atoms with van der Waals surface area (Å²) in [6, 6.07) is 8.53. The summed E-state index contributed by atoms with van der Waals surface area (Å²) in [5.74, 6) is -0.445. The average Bonchev–Trinajstić information content (AvgIpc) is 2.78. The van der Waals surface area contributed by atoms with Gasteiger partial charge in [0.2, 0.25) is 5.91 Å². The summed E-state index contributed by atoms with van der Waals surface area (Å²) < 4.78 is 15.4. The van der Waals surface area contributed by atoms with Crippen molar-refractivity contribution in [1.29, 1.82) is 0 Å². The zero-order chi connectivity index (χ0) is 18.6. The third-order valence-electron chi connectivity index (χ3n) is 3.63. The number of carbonyl (C=O) groups is 3. The van der Waals surface area contributed by atoms with Crippen molar-refractivity contribution in [2.24, 2.45) is 0 Å². The number of likely N-dealkylation sites (tertiary alicyclic amines) is 1. The Hall–Kier alpha value is -2.57. The molecule has 0 aliphatic carbocycles. The lowest BCUT2D eigenvalue weighted by molar-refractivity contribution is -0.127. The van der Waals surface area contributed by atoms with Crippen molar-refractivity contribution in [2.45, 2.75) is 58.5 Å². The molecule has 0 bridgehead atoms. The van der Waals surface area contributed by atoms with Crippen LogP contribution in [-0.4, -0.2) is 40.8 Å². The predicted molar refractivity (Wildman–Crippen MR) is 88.7 cm³/mol. The second-order valence-corrected chi connectivity index (χ2v) is 6.87. The maximum atomic E-state index is 12.2. The molecule has 1 aliphatic heterocycles. The molecule has 1 aromatic rings. The van der Waals surface area contributed by atoms with Crippen LogP contribution in [0.15, 0.2) is 30.3 Å². The maximum absolute atomic E-state index is 12.2. The number of benzene rings is 1. The summed E-state index contributed by atoms with van der Waals surface area (Å²) in [6.45, 7) is 6.83. The van der Waals surface area contributed by atoms with Gasteiger partial charge in [-0.25, -0.2) is 14.5 Å². The average molecular weight is 349 g/mol. The predicted octanol–water partition coefficient (Wildman–Crippen LogP) is 3.26. The number of rotatable bonds is 3. The van der Waals surface area contributed by atoms with Gasteiger partial charge in [0.15, 0.2) is 0 Å². The standard InChI is InChI=1S/C18H23NO6/c1-12-14(24-17(22)25-18(2,3)4)10-15(20)19(12)16(21)23-11-13-8-6-5-7-9-13/h5-9,12,14H,10-11H2,1-4H3/t12-,14?/m1/s1. The van der Waals surface area contributed by atoms with E-state index >= 15 is 0 Å². The highest BCUT2D eigenvalue weighted by molar-refractivity contribution is 5.94. The normalized spacial score (nSPS) is 20.3. The van der Waals surface area contributed by atoms with Gasteiger partial charge in [0, 0.05) is 0 Å². The molecule has 25 heavy (non-hydrogen) atoms. The van der Waals surface area contributed by atoms with E-state index in [2.05, 4.69) is 0 Å². The van der Waals surface area contributed by atoms with Crippen molar-refractivity contribution in [2.75, 3.05) is 0 Å². The molecular formula is C18H23NO6. The van der Waals surface area contributed by atoms with Crippen molar-refractivity contribution in [3.05, 3.63) is 35.9 Å². The lowest BCUT2D eigenvalue weighted by Gasteiger charge is -2.24. The van der Waals surface area contributed by atoms with Crippen molar-refractivity contribution in [3.8, 4) is 0 Å². The molecule has 136 valence electrons. The van der Waals surface area contributed by atoms with Crippen LogP contribution in [0.1, 0.15) is 39.7 Å². The number of hydrogen-bond acceptors (Lipinski definition) is 6. The molecule has 0 spiro atoms. The van der Waals surface area contributed by atoms with Gasteiger partial charge in [-0.2, -0.15) is 0 Å². The van der Waals surface area contributed by atoms with E-state index in [0.29, 0.717) is 0 Å². The zero-order valence-corrected chi connectivity index (χ0v) is 14.9. The molecule has 1 aliphatic rings. The van der Waals surface area contributed by atoms with Crippen LogP contribution in [0.2, 0.25) is 0 Å². The van der Waals surface area contributed by atoms with Crippen LogP contribution >= 0.6 is 0 Å². The monoisotopic (exact) mass is 349 g/mol. The van der Waals surface area contributed by atoms with E-state index in [1.54, 1.807) is 27.7 Å². The highest BCUT2D eigenvalue weighted by Gasteiger charge is 2.44. The van der Waals surface area contributed by atoms with Gasteiger partial charge in [0.05, 0.1) is 12.5 Å². The Kier molecular flexibility index (Phi) is 5.66. The molecule has 2 rings (SSSR count). The van der Waals surface area contributed by atoms with E-state index in [9.17, 15) is 14.4 Å². The molecule has 0 saturated carbocycles. The van der Waals surface area contributed by atoms with Crippen LogP contribution in [0, 0.1) is 0 Å². The fourth-order valence-corrected chi connectivity index (χ4v) is 2.43. The first-order valence-corrected chi connectivity index (χ1v) is 8.10. The molecular weight excluding hydrogens is 326 g/mol. The lowest BCUT2D eigenvalue weighted by Crippen LogP contribution is -2.41. The van der Waals surface area contributed by atoms with Crippen LogP contribution < -0.4 is 0 Å². The molecule has 0 N–H and O–H groups in total. The summed E-state index contributed by atoms with van der Waals surface area (Å²) >= 11 is 0. The van der Waals surface area contributed by atoms with Crippen LogP contribution in [0.5, 0.6) is 0 Å². The number of ether oxygens (including phenoxy) is 3. The van der Waals surface area contributed by atoms with Gasteiger partial charge in [-0.15, -0.1) is 0 Å². The molecule has 1 aromatic carbocycles. The SMILES string of the molecule is C[C@@H]1C(OC(=O)OC(C)(C)C)CC(=O)N1C(=O)OCc1ccccc1. The molecule has 7 heteroatoms. The Balaban J connectivity index is 1.92. The molecule has 1 saturated heterocycles. The first kappa shape index (κ1) is 18.8. The number of hydrogen-bond donors (Lipinski definition) is 0. The fourth-order valence-electron chi connectivity index (χ4n) is 2.43. The second-order valence-electron chi connectivity index (χ2n) is 6.87. The topological polar surface area (TPSA) is 82.1 Å². The Morgan fingerprint density at radius 1 is 1.20 bits per heavy atom. The van der Waals surface area contributed by atoms with Gasteiger partial charge in [0.1, 0.15) is 18.3 Å². The first-order chi connectivity index (χ1) is 11.7. The van der Waals surface area contributed by atoms with Gasteiger partial charge in [-0.3, -0.25) is 4.79 Å². The zero-order valence-electron chi connectivity index (χ0n) is 14.9. The molecule has 0 aromatic heterocycles. The number of nitrogens with zero attached hydrogens (tertiary/aromatic N) is 1. The summed E-state index contributed by atoms with van der Waals surface area (Å²) in [5, 5.41) is 0. The van der Waals surface area contributed by atoms with Crippen LogP contribution in [0.3, 0.4) is 0 Å². The molecule has 0 radical (unpaired) electrons. The summed E-state index contributed by atoms with van der Waals surface area (Å²) in [4.78, 5) is 37.1. The Labute approximate surface area is 146 Å². The number of carbonyl (C=O) groups excluding carboxylic acids is 3. The van der Waals surface area contributed by atoms with E-state index in [0.717, 1.165) is 10.5 Å². The van der Waals surface area contributed by atoms with E-state index in [4.69, 9.17) is 14.2 Å². The van der Waals surface area contributed by atoms with Gasteiger partial charge < -0.3 is 14.2 Å². The number of amides is 2. The molecule has 2 atom stereocenters. The van der Waals surface area contributed by atoms with Crippen LogP contribution in [-0.2, 0) is 25.6 Å². The Morgan fingerprint density at radius 2 is 1.84 bits per heavy atom. The Morgan fingerprint density at radius 3 is 2.44 bits per heavy atom. The molecule has 1 heterocycles. The minimum atomic E-state index is -0.864. The van der Waals surface area contributed by atoms with Crippen LogP contribution in [0.4, 0.5) is 9.59 Å². The van der Waals surface area contributed by atoms with Gasteiger partial charge >= 0.3 is 12.2 Å². The van der Waals surface area contributed by atoms with Crippen molar-refractivity contribution < 1.29 is 28.6 Å². The number of imide groups is 1. The van der Waals surface area contributed by atoms with Crippen molar-refractivity contribution in [1.82, 2.24) is 4.90 Å². The quantitative estimate of drug-likeness (QED) is 0.779. The summed E-state index contributed by atoms with van der Waals surface area (Å²) in [6.07, 6.45) is -2.46. The van der Waals surface area contributed by atoms with Crippen molar-refractivity contribution >= 4 is 18.2 Å². The highest BCUT2D eigenvalue weighted by atomic mass is 16.7. The third-order valence-corrected chi connectivity index (χ3v) is 3.63.